The summed E-state index contributed by atoms with van der Waals surface area (Å²) in [6.07, 6.45) is 4.51. The molecule has 1 aromatic carbocycles. The van der Waals surface area contributed by atoms with Crippen LogP contribution in [0.3, 0.4) is 0 Å². The highest BCUT2D eigenvalue weighted by molar-refractivity contribution is 5.90. The molecule has 96 valence electrons. The Hall–Kier alpha value is -1.77. The Morgan fingerprint density at radius 1 is 1.33 bits per heavy atom. The van der Waals surface area contributed by atoms with Crippen molar-refractivity contribution in [3.63, 3.8) is 0 Å². The molecular formula is C15H18O3. The number of hydrogen-bond donors (Lipinski definition) is 0. The standard InChI is InChI=1S/C15H18O3/c1-11-9-13(15(16)18-11)7-3-5-12-6-4-8-14(10-12)17-2/h4,6,8-11H,3,5,7H2,1-2H3. The summed E-state index contributed by atoms with van der Waals surface area (Å²) in [6.45, 7) is 1.88. The lowest BCUT2D eigenvalue weighted by Crippen LogP contribution is -2.03. The van der Waals surface area contributed by atoms with Crippen LogP contribution in [0.2, 0.25) is 0 Å². The molecule has 1 aliphatic heterocycles. The van der Waals surface area contributed by atoms with Crippen LogP contribution in [0.15, 0.2) is 35.9 Å². The number of methoxy groups -OCH3 is 1. The number of esters is 1. The third-order valence-corrected chi connectivity index (χ3v) is 3.04. The predicted octanol–water partition coefficient (Wildman–Crippen LogP) is 2.89. The van der Waals surface area contributed by atoms with E-state index in [1.54, 1.807) is 7.11 Å². The van der Waals surface area contributed by atoms with Crippen molar-refractivity contribution in [2.75, 3.05) is 7.11 Å². The lowest BCUT2D eigenvalue weighted by atomic mass is 10.0. The molecule has 1 heterocycles. The van der Waals surface area contributed by atoms with Crippen molar-refractivity contribution < 1.29 is 14.3 Å². The zero-order chi connectivity index (χ0) is 13.0. The van der Waals surface area contributed by atoms with Gasteiger partial charge in [-0.1, -0.05) is 12.1 Å². The van der Waals surface area contributed by atoms with Crippen LogP contribution in [0.4, 0.5) is 0 Å². The Bertz CT molecular complexity index is 463. The first-order valence-electron chi connectivity index (χ1n) is 6.23. The van der Waals surface area contributed by atoms with Crippen LogP contribution in [-0.2, 0) is 16.0 Å². The van der Waals surface area contributed by atoms with Crippen LogP contribution >= 0.6 is 0 Å². The van der Waals surface area contributed by atoms with E-state index in [2.05, 4.69) is 6.07 Å². The quantitative estimate of drug-likeness (QED) is 0.749. The molecule has 1 unspecified atom stereocenters. The van der Waals surface area contributed by atoms with Crippen LogP contribution in [0.25, 0.3) is 0 Å². The number of rotatable bonds is 5. The molecule has 1 aliphatic rings. The molecule has 0 amide bonds. The first-order valence-corrected chi connectivity index (χ1v) is 6.23. The summed E-state index contributed by atoms with van der Waals surface area (Å²) < 4.78 is 10.2. The van der Waals surface area contributed by atoms with Gasteiger partial charge in [0.1, 0.15) is 11.9 Å². The molecule has 0 saturated heterocycles. The molecule has 0 spiro atoms. The first-order chi connectivity index (χ1) is 8.69. The highest BCUT2D eigenvalue weighted by Crippen LogP contribution is 2.20. The number of aryl methyl sites for hydroxylation is 1. The summed E-state index contributed by atoms with van der Waals surface area (Å²) in [6, 6.07) is 8.03. The average molecular weight is 246 g/mol. The number of ether oxygens (including phenoxy) is 2. The van der Waals surface area contributed by atoms with Gasteiger partial charge in [-0.3, -0.25) is 0 Å². The molecule has 0 radical (unpaired) electrons. The van der Waals surface area contributed by atoms with E-state index < -0.39 is 0 Å². The Morgan fingerprint density at radius 2 is 2.17 bits per heavy atom. The second-order valence-electron chi connectivity index (χ2n) is 4.51. The Morgan fingerprint density at radius 3 is 2.83 bits per heavy atom. The summed E-state index contributed by atoms with van der Waals surface area (Å²) >= 11 is 0. The first kappa shape index (κ1) is 12.7. The van der Waals surface area contributed by atoms with Gasteiger partial charge in [-0.25, -0.2) is 4.79 Å². The van der Waals surface area contributed by atoms with Crippen molar-refractivity contribution in [1.82, 2.24) is 0 Å². The molecule has 0 aliphatic carbocycles. The maximum atomic E-state index is 11.4. The fraction of sp³-hybridized carbons (Fsp3) is 0.400. The van der Waals surface area contributed by atoms with Gasteiger partial charge in [0.2, 0.25) is 0 Å². The van der Waals surface area contributed by atoms with Crippen molar-refractivity contribution >= 4 is 5.97 Å². The van der Waals surface area contributed by atoms with Crippen LogP contribution in [-0.4, -0.2) is 19.2 Å². The van der Waals surface area contributed by atoms with Gasteiger partial charge < -0.3 is 9.47 Å². The molecule has 18 heavy (non-hydrogen) atoms. The highest BCUT2D eigenvalue weighted by Gasteiger charge is 2.21. The molecule has 1 atom stereocenters. The summed E-state index contributed by atoms with van der Waals surface area (Å²) in [5, 5.41) is 0. The number of carbonyl (C=O) groups is 1. The molecule has 1 aromatic rings. The molecule has 0 aromatic heterocycles. The molecule has 0 N–H and O–H groups in total. The second-order valence-corrected chi connectivity index (χ2v) is 4.51. The molecule has 3 heteroatoms. The van der Waals surface area contributed by atoms with Gasteiger partial charge in [-0.15, -0.1) is 0 Å². The van der Waals surface area contributed by atoms with E-state index in [1.165, 1.54) is 5.56 Å². The summed E-state index contributed by atoms with van der Waals surface area (Å²) in [4.78, 5) is 11.4. The molecular weight excluding hydrogens is 228 g/mol. The van der Waals surface area contributed by atoms with Gasteiger partial charge in [0.05, 0.1) is 7.11 Å². The molecule has 2 rings (SSSR count). The maximum Gasteiger partial charge on any atom is 0.334 e. The van der Waals surface area contributed by atoms with Gasteiger partial charge in [0, 0.05) is 5.57 Å². The van der Waals surface area contributed by atoms with E-state index in [4.69, 9.17) is 9.47 Å². The largest absolute Gasteiger partial charge is 0.497 e. The van der Waals surface area contributed by atoms with Gasteiger partial charge in [0.15, 0.2) is 0 Å². The number of cyclic esters (lactones) is 1. The van der Waals surface area contributed by atoms with E-state index in [0.29, 0.717) is 0 Å². The Kier molecular flexibility index (Phi) is 4.03. The number of benzene rings is 1. The van der Waals surface area contributed by atoms with E-state index >= 15 is 0 Å². The fourth-order valence-electron chi connectivity index (χ4n) is 2.13. The minimum atomic E-state index is -0.159. The van der Waals surface area contributed by atoms with Gasteiger partial charge in [0.25, 0.3) is 0 Å². The summed E-state index contributed by atoms with van der Waals surface area (Å²) in [7, 11) is 1.67. The maximum absolute atomic E-state index is 11.4. The highest BCUT2D eigenvalue weighted by atomic mass is 16.5. The van der Waals surface area contributed by atoms with Gasteiger partial charge >= 0.3 is 5.97 Å². The van der Waals surface area contributed by atoms with E-state index in [1.807, 2.05) is 31.2 Å². The monoisotopic (exact) mass is 246 g/mol. The summed E-state index contributed by atoms with van der Waals surface area (Å²) in [5.41, 5.74) is 2.04. The van der Waals surface area contributed by atoms with Crippen molar-refractivity contribution in [1.29, 1.82) is 0 Å². The molecule has 3 nitrogen and oxygen atoms in total. The van der Waals surface area contributed by atoms with E-state index in [9.17, 15) is 4.79 Å². The predicted molar refractivity (Wildman–Crippen MR) is 69.6 cm³/mol. The second kappa shape index (κ2) is 5.71. The lowest BCUT2D eigenvalue weighted by Gasteiger charge is -2.04. The topological polar surface area (TPSA) is 35.5 Å². The molecule has 0 bridgehead atoms. The third-order valence-electron chi connectivity index (χ3n) is 3.04. The summed E-state index contributed by atoms with van der Waals surface area (Å²) in [5.74, 6) is 0.716. The van der Waals surface area contributed by atoms with Crippen molar-refractivity contribution in [3.8, 4) is 5.75 Å². The molecule has 0 saturated carbocycles. The van der Waals surface area contributed by atoms with Crippen LogP contribution < -0.4 is 4.74 Å². The van der Waals surface area contributed by atoms with Gasteiger partial charge in [-0.05, 0) is 50.0 Å². The van der Waals surface area contributed by atoms with Gasteiger partial charge in [-0.2, -0.15) is 0 Å². The minimum Gasteiger partial charge on any atom is -0.497 e. The fourth-order valence-corrected chi connectivity index (χ4v) is 2.13. The van der Waals surface area contributed by atoms with Crippen LogP contribution in [0.1, 0.15) is 25.3 Å². The van der Waals surface area contributed by atoms with E-state index in [0.717, 1.165) is 30.6 Å². The van der Waals surface area contributed by atoms with Crippen LogP contribution in [0.5, 0.6) is 5.75 Å². The smallest absolute Gasteiger partial charge is 0.334 e. The van der Waals surface area contributed by atoms with Crippen molar-refractivity contribution in [2.45, 2.75) is 32.3 Å². The zero-order valence-corrected chi connectivity index (χ0v) is 10.8. The Labute approximate surface area is 107 Å². The molecule has 0 fully saturated rings. The number of hydrogen-bond acceptors (Lipinski definition) is 3. The van der Waals surface area contributed by atoms with E-state index in [-0.39, 0.29) is 12.1 Å². The van der Waals surface area contributed by atoms with Crippen LogP contribution in [0, 0.1) is 0 Å². The van der Waals surface area contributed by atoms with Crippen molar-refractivity contribution in [3.05, 3.63) is 41.5 Å². The zero-order valence-electron chi connectivity index (χ0n) is 10.8. The normalized spacial score (nSPS) is 18.4. The van der Waals surface area contributed by atoms with Crippen molar-refractivity contribution in [2.24, 2.45) is 0 Å². The SMILES string of the molecule is COc1cccc(CCCC2=CC(C)OC2=O)c1. The average Bonchev–Trinajstić information content (AvgIpc) is 2.68. The lowest BCUT2D eigenvalue weighted by molar-refractivity contribution is -0.139. The minimum absolute atomic E-state index is 0.0654. The Balaban J connectivity index is 1.85. The third kappa shape index (κ3) is 3.13. The number of carbonyl (C=O) groups excluding carboxylic acids is 1.